The molecule has 0 saturated heterocycles. The lowest BCUT2D eigenvalue weighted by Crippen LogP contribution is -2.08. The zero-order valence-corrected chi connectivity index (χ0v) is 17.2. The van der Waals surface area contributed by atoms with Gasteiger partial charge in [-0.1, -0.05) is 66.7 Å². The number of carbonyl (C=O) groups excluding carboxylic acids is 2. The topological polar surface area (TPSA) is 52.6 Å². The molecule has 0 N–H and O–H groups in total. The Morgan fingerprint density at radius 1 is 0.815 bits per heavy atom. The van der Waals surface area contributed by atoms with Crippen molar-refractivity contribution in [3.05, 3.63) is 69.7 Å². The zero-order valence-electron chi connectivity index (χ0n) is 15.6. The van der Waals surface area contributed by atoms with Crippen LogP contribution in [0.4, 0.5) is 0 Å². The molecule has 0 spiro atoms. The third-order valence-corrected chi connectivity index (χ3v) is 4.93. The Balaban J connectivity index is 1.79. The van der Waals surface area contributed by atoms with Crippen LogP contribution in [-0.2, 0) is 16.1 Å². The molecule has 0 aliphatic rings. The molecule has 0 aromatic heterocycles. The molecule has 0 aliphatic heterocycles. The van der Waals surface area contributed by atoms with Gasteiger partial charge in [0, 0.05) is 10.0 Å². The summed E-state index contributed by atoms with van der Waals surface area (Å²) in [7, 11) is 0. The highest BCUT2D eigenvalue weighted by Crippen LogP contribution is 2.17. The van der Waals surface area contributed by atoms with Gasteiger partial charge in [-0.05, 0) is 36.8 Å². The third kappa shape index (κ3) is 7.18. The number of esters is 2. The Hall–Kier alpha value is -2.14. The number of unbranched alkanes of at least 4 members (excludes halogenated alkanes) is 4. The smallest absolute Gasteiger partial charge is 0.338 e. The largest absolute Gasteiger partial charge is 0.462 e. The second-order valence-electron chi connectivity index (χ2n) is 6.30. The Kier molecular flexibility index (Phi) is 9.05. The van der Waals surface area contributed by atoms with Gasteiger partial charge in [-0.3, -0.25) is 0 Å². The van der Waals surface area contributed by atoms with E-state index in [2.05, 4.69) is 22.9 Å². The second kappa shape index (κ2) is 11.5. The quantitative estimate of drug-likeness (QED) is 0.344. The Bertz CT molecular complexity index is 740. The SMILES string of the molecule is CCCCCCCOC(=O)c1ccc(C(=O)OCc2ccccc2Br)cc1. The van der Waals surface area contributed by atoms with Gasteiger partial charge in [0.25, 0.3) is 0 Å². The van der Waals surface area contributed by atoms with Gasteiger partial charge in [0.15, 0.2) is 0 Å². The summed E-state index contributed by atoms with van der Waals surface area (Å²) in [6.07, 6.45) is 5.53. The number of hydrogen-bond acceptors (Lipinski definition) is 4. The molecule has 0 fully saturated rings. The van der Waals surface area contributed by atoms with Gasteiger partial charge in [-0.2, -0.15) is 0 Å². The Morgan fingerprint density at radius 2 is 1.41 bits per heavy atom. The molecule has 2 aromatic rings. The molecule has 0 aliphatic carbocycles. The molecule has 2 aromatic carbocycles. The van der Waals surface area contributed by atoms with Crippen molar-refractivity contribution in [1.29, 1.82) is 0 Å². The lowest BCUT2D eigenvalue weighted by atomic mass is 10.1. The molecule has 0 unspecified atom stereocenters. The predicted molar refractivity (Wildman–Crippen MR) is 109 cm³/mol. The molecule has 144 valence electrons. The van der Waals surface area contributed by atoms with E-state index >= 15 is 0 Å². The molecule has 2 rings (SSSR count). The molecule has 27 heavy (non-hydrogen) atoms. The van der Waals surface area contributed by atoms with Crippen molar-refractivity contribution in [3.63, 3.8) is 0 Å². The van der Waals surface area contributed by atoms with Gasteiger partial charge in [0.05, 0.1) is 17.7 Å². The van der Waals surface area contributed by atoms with E-state index in [9.17, 15) is 9.59 Å². The molecule has 0 heterocycles. The van der Waals surface area contributed by atoms with Crippen LogP contribution in [-0.4, -0.2) is 18.5 Å². The minimum atomic E-state index is -0.429. The summed E-state index contributed by atoms with van der Waals surface area (Å²) in [6.45, 7) is 2.78. The average molecular weight is 433 g/mol. The van der Waals surface area contributed by atoms with Crippen LogP contribution in [0.1, 0.15) is 65.3 Å². The number of carbonyl (C=O) groups is 2. The van der Waals surface area contributed by atoms with E-state index in [1.54, 1.807) is 24.3 Å². The molecule has 0 amide bonds. The summed E-state index contributed by atoms with van der Waals surface area (Å²) in [5.41, 5.74) is 1.73. The number of hydrogen-bond donors (Lipinski definition) is 0. The highest BCUT2D eigenvalue weighted by Gasteiger charge is 2.11. The lowest BCUT2D eigenvalue weighted by Gasteiger charge is -2.08. The highest BCUT2D eigenvalue weighted by atomic mass is 79.9. The van der Waals surface area contributed by atoms with Gasteiger partial charge in [-0.25, -0.2) is 9.59 Å². The predicted octanol–water partition coefficient (Wildman–Crippen LogP) is 5.93. The minimum Gasteiger partial charge on any atom is -0.462 e. The van der Waals surface area contributed by atoms with Crippen LogP contribution in [0, 0.1) is 0 Å². The third-order valence-electron chi connectivity index (χ3n) is 4.15. The molecule has 0 saturated carbocycles. The van der Waals surface area contributed by atoms with Crippen LogP contribution in [0.25, 0.3) is 0 Å². The first kappa shape index (κ1) is 21.2. The summed E-state index contributed by atoms with van der Waals surface area (Å²) in [5.74, 6) is -0.791. The van der Waals surface area contributed by atoms with Crippen molar-refractivity contribution in [1.82, 2.24) is 0 Å². The van der Waals surface area contributed by atoms with E-state index in [0.29, 0.717) is 17.7 Å². The van der Waals surface area contributed by atoms with Crippen LogP contribution in [0.15, 0.2) is 53.0 Å². The number of rotatable bonds is 10. The van der Waals surface area contributed by atoms with Gasteiger partial charge in [0.1, 0.15) is 6.61 Å². The van der Waals surface area contributed by atoms with E-state index in [-0.39, 0.29) is 12.6 Å². The minimum absolute atomic E-state index is 0.183. The van der Waals surface area contributed by atoms with Crippen molar-refractivity contribution >= 4 is 27.9 Å². The standard InChI is InChI=1S/C22H25BrO4/c1-2-3-4-5-8-15-26-21(24)17-11-13-18(14-12-17)22(25)27-16-19-9-6-7-10-20(19)23/h6-7,9-14H,2-5,8,15-16H2,1H3. The summed E-state index contributed by atoms with van der Waals surface area (Å²) in [5, 5.41) is 0. The molecule has 0 atom stereocenters. The summed E-state index contributed by atoms with van der Waals surface area (Å²) < 4.78 is 11.5. The lowest BCUT2D eigenvalue weighted by molar-refractivity contribution is 0.0465. The van der Waals surface area contributed by atoms with E-state index < -0.39 is 5.97 Å². The van der Waals surface area contributed by atoms with Crippen molar-refractivity contribution in [2.75, 3.05) is 6.61 Å². The van der Waals surface area contributed by atoms with Crippen molar-refractivity contribution < 1.29 is 19.1 Å². The molecular weight excluding hydrogens is 408 g/mol. The monoisotopic (exact) mass is 432 g/mol. The van der Waals surface area contributed by atoms with Gasteiger partial charge in [0.2, 0.25) is 0 Å². The molecule has 5 heteroatoms. The zero-order chi connectivity index (χ0) is 19.5. The van der Waals surface area contributed by atoms with Gasteiger partial charge in [-0.15, -0.1) is 0 Å². The summed E-state index contributed by atoms with van der Waals surface area (Å²) >= 11 is 3.42. The number of halogens is 1. The van der Waals surface area contributed by atoms with Crippen LogP contribution in [0.3, 0.4) is 0 Å². The van der Waals surface area contributed by atoms with Gasteiger partial charge < -0.3 is 9.47 Å². The molecule has 0 bridgehead atoms. The average Bonchev–Trinajstić information content (AvgIpc) is 2.69. The van der Waals surface area contributed by atoms with E-state index in [0.717, 1.165) is 22.9 Å². The Labute approximate surface area is 169 Å². The molecular formula is C22H25BrO4. The molecule has 0 radical (unpaired) electrons. The molecule has 4 nitrogen and oxygen atoms in total. The number of benzene rings is 2. The fourth-order valence-corrected chi connectivity index (χ4v) is 2.94. The second-order valence-corrected chi connectivity index (χ2v) is 7.15. The van der Waals surface area contributed by atoms with E-state index in [1.807, 2.05) is 24.3 Å². The van der Waals surface area contributed by atoms with Gasteiger partial charge >= 0.3 is 11.9 Å². The van der Waals surface area contributed by atoms with Crippen LogP contribution in [0.2, 0.25) is 0 Å². The fourth-order valence-electron chi connectivity index (χ4n) is 2.54. The van der Waals surface area contributed by atoms with Crippen molar-refractivity contribution in [2.24, 2.45) is 0 Å². The van der Waals surface area contributed by atoms with E-state index in [1.165, 1.54) is 19.3 Å². The maximum Gasteiger partial charge on any atom is 0.338 e. The normalized spacial score (nSPS) is 10.4. The number of ether oxygens (including phenoxy) is 2. The first-order valence-corrected chi connectivity index (χ1v) is 10.1. The van der Waals surface area contributed by atoms with Crippen LogP contribution >= 0.6 is 15.9 Å². The summed E-state index contributed by atoms with van der Waals surface area (Å²) in [4.78, 5) is 24.2. The summed E-state index contributed by atoms with van der Waals surface area (Å²) in [6, 6.07) is 13.9. The maximum atomic E-state index is 12.2. The van der Waals surface area contributed by atoms with Crippen LogP contribution < -0.4 is 0 Å². The highest BCUT2D eigenvalue weighted by molar-refractivity contribution is 9.10. The van der Waals surface area contributed by atoms with Crippen LogP contribution in [0.5, 0.6) is 0 Å². The first-order valence-electron chi connectivity index (χ1n) is 9.29. The maximum absolute atomic E-state index is 12.2. The van der Waals surface area contributed by atoms with Crippen molar-refractivity contribution in [2.45, 2.75) is 45.6 Å². The first-order chi connectivity index (χ1) is 13.1. The van der Waals surface area contributed by atoms with Crippen molar-refractivity contribution in [3.8, 4) is 0 Å². The fraction of sp³-hybridized carbons (Fsp3) is 0.364. The Morgan fingerprint density at radius 3 is 2.04 bits per heavy atom. The van der Waals surface area contributed by atoms with E-state index in [4.69, 9.17) is 9.47 Å².